The highest BCUT2D eigenvalue weighted by atomic mass is 32.1. The van der Waals surface area contributed by atoms with Gasteiger partial charge in [-0.15, -0.1) is 11.3 Å². The molecule has 0 unspecified atom stereocenters. The number of aliphatic imine (C=N–C) groups is 1. The number of thiophene rings is 1. The van der Waals surface area contributed by atoms with Crippen LogP contribution in [0.2, 0.25) is 0 Å². The molecule has 2 aromatic heterocycles. The first-order valence-electron chi connectivity index (χ1n) is 10.0. The van der Waals surface area contributed by atoms with Crippen molar-refractivity contribution in [3.05, 3.63) is 89.1 Å². The normalized spacial score (nSPS) is 18.7. The Morgan fingerprint density at radius 3 is 2.39 bits per heavy atom. The number of hydrogen-bond acceptors (Lipinski definition) is 6. The van der Waals surface area contributed by atoms with Crippen LogP contribution in [0.1, 0.15) is 16.7 Å². The Kier molecular flexibility index (Phi) is 3.91. The number of amidine groups is 1. The fourth-order valence-electron chi connectivity index (χ4n) is 4.30. The second-order valence-corrected chi connectivity index (χ2v) is 8.76. The van der Waals surface area contributed by atoms with Crippen molar-refractivity contribution in [2.24, 2.45) is 10.7 Å². The number of aryl methyl sites for hydroxylation is 1. The van der Waals surface area contributed by atoms with Crippen molar-refractivity contribution in [3.8, 4) is 33.1 Å². The summed E-state index contributed by atoms with van der Waals surface area (Å²) in [4.78, 5) is 10.3. The summed E-state index contributed by atoms with van der Waals surface area (Å²) in [6.07, 6.45) is 3.62. The maximum absolute atomic E-state index is 6.31. The zero-order valence-corrected chi connectivity index (χ0v) is 17.6. The van der Waals surface area contributed by atoms with Gasteiger partial charge in [0.1, 0.15) is 18.1 Å². The Balaban J connectivity index is 1.56. The van der Waals surface area contributed by atoms with Crippen LogP contribution in [0.15, 0.2) is 77.4 Å². The van der Waals surface area contributed by atoms with Gasteiger partial charge in [-0.25, -0.2) is 4.99 Å². The molecule has 2 N–H and O–H groups in total. The summed E-state index contributed by atoms with van der Waals surface area (Å²) < 4.78 is 12.0. The van der Waals surface area contributed by atoms with E-state index in [-0.39, 0.29) is 6.02 Å². The summed E-state index contributed by atoms with van der Waals surface area (Å²) in [5.41, 5.74) is 11.7. The Labute approximate surface area is 183 Å². The molecule has 2 aliphatic rings. The summed E-state index contributed by atoms with van der Waals surface area (Å²) >= 11 is 1.73. The van der Waals surface area contributed by atoms with Gasteiger partial charge >= 0.3 is 0 Å². The monoisotopic (exact) mass is 425 g/mol. The van der Waals surface area contributed by atoms with Gasteiger partial charge in [0.15, 0.2) is 5.54 Å². The lowest BCUT2D eigenvalue weighted by molar-refractivity contribution is 0.264. The average Bonchev–Trinajstić information content (AvgIpc) is 3.41. The van der Waals surface area contributed by atoms with Gasteiger partial charge in [0.05, 0.1) is 0 Å². The van der Waals surface area contributed by atoms with Gasteiger partial charge in [-0.05, 0) is 71.5 Å². The number of benzene rings is 2. The first-order valence-corrected chi connectivity index (χ1v) is 10.9. The van der Waals surface area contributed by atoms with E-state index in [1.54, 1.807) is 17.5 Å². The molecule has 0 fully saturated rings. The highest BCUT2D eigenvalue weighted by molar-refractivity contribution is 7.13. The van der Waals surface area contributed by atoms with Crippen molar-refractivity contribution in [1.82, 2.24) is 4.98 Å². The summed E-state index contributed by atoms with van der Waals surface area (Å²) in [5.74, 6) is 1.54. The third-order valence-corrected chi connectivity index (χ3v) is 6.91. The van der Waals surface area contributed by atoms with E-state index >= 15 is 0 Å². The van der Waals surface area contributed by atoms with Crippen LogP contribution in [0.3, 0.4) is 0 Å². The molecule has 0 saturated heterocycles. The molecule has 0 saturated carbocycles. The first kappa shape index (κ1) is 18.2. The van der Waals surface area contributed by atoms with Gasteiger partial charge in [0.25, 0.3) is 6.02 Å². The summed E-state index contributed by atoms with van der Waals surface area (Å²) in [5, 5.41) is 2.16. The molecule has 4 aromatic rings. The van der Waals surface area contributed by atoms with Crippen molar-refractivity contribution in [1.29, 1.82) is 0 Å². The quantitative estimate of drug-likeness (QED) is 0.462. The van der Waals surface area contributed by atoms with Crippen LogP contribution in [0.5, 0.6) is 11.5 Å². The summed E-state index contributed by atoms with van der Waals surface area (Å²) in [6.45, 7) is 2.45. The number of nitrogens with two attached hydrogens (primary N) is 1. The fourth-order valence-corrected chi connectivity index (χ4v) is 5.20. The minimum atomic E-state index is -0.743. The molecule has 6 rings (SSSR count). The molecule has 1 spiro atoms. The molecule has 0 amide bonds. The third-order valence-electron chi connectivity index (χ3n) is 5.81. The van der Waals surface area contributed by atoms with Gasteiger partial charge in [0.2, 0.25) is 0 Å². The maximum atomic E-state index is 6.31. The molecule has 1 atom stereocenters. The molecule has 0 aliphatic carbocycles. The van der Waals surface area contributed by atoms with E-state index < -0.39 is 5.54 Å². The van der Waals surface area contributed by atoms with Crippen molar-refractivity contribution in [2.75, 3.05) is 6.61 Å². The SMILES string of the molecule is Cc1csc(-c2ccc3c(c2)[C@]2(COC(N)=N2)c2cc(-c4cccnc4)ccc2O3)c1. The van der Waals surface area contributed by atoms with E-state index in [4.69, 9.17) is 20.2 Å². The van der Waals surface area contributed by atoms with Crippen LogP contribution in [0.25, 0.3) is 21.6 Å². The number of pyridine rings is 1. The molecule has 4 heterocycles. The van der Waals surface area contributed by atoms with Crippen LogP contribution >= 0.6 is 11.3 Å². The molecular weight excluding hydrogens is 406 g/mol. The van der Waals surface area contributed by atoms with Crippen LogP contribution < -0.4 is 10.5 Å². The predicted molar refractivity (Wildman–Crippen MR) is 123 cm³/mol. The Bertz CT molecular complexity index is 1350. The minimum absolute atomic E-state index is 0.197. The standard InChI is InChI=1S/C25H19N3O2S/c1-15-9-23(31-13-15)17-5-7-22-20(11-17)25(14-29-24(26)28-25)19-10-16(4-6-21(19)30-22)18-3-2-8-27-12-18/h2-13H,14H2,1H3,(H2,26,28)/t25-/m0/s1. The number of ether oxygens (including phenoxy) is 2. The van der Waals surface area contributed by atoms with Crippen LogP contribution in [-0.2, 0) is 10.3 Å². The zero-order chi connectivity index (χ0) is 21.0. The smallest absolute Gasteiger partial charge is 0.283 e. The van der Waals surface area contributed by atoms with Gasteiger partial charge < -0.3 is 15.2 Å². The Morgan fingerprint density at radius 1 is 0.968 bits per heavy atom. The highest BCUT2D eigenvalue weighted by Gasteiger charge is 2.47. The second-order valence-electron chi connectivity index (χ2n) is 7.85. The van der Waals surface area contributed by atoms with Gasteiger partial charge in [-0.1, -0.05) is 12.1 Å². The number of rotatable bonds is 2. The van der Waals surface area contributed by atoms with E-state index in [0.29, 0.717) is 6.61 Å². The minimum Gasteiger partial charge on any atom is -0.462 e. The Hall–Kier alpha value is -3.64. The van der Waals surface area contributed by atoms with Gasteiger partial charge in [0, 0.05) is 34.0 Å². The maximum Gasteiger partial charge on any atom is 0.283 e. The van der Waals surface area contributed by atoms with E-state index in [2.05, 4.69) is 41.6 Å². The summed E-state index contributed by atoms with van der Waals surface area (Å²) in [7, 11) is 0. The van der Waals surface area contributed by atoms with Crippen LogP contribution in [-0.4, -0.2) is 17.6 Å². The molecule has 0 bridgehead atoms. The molecule has 5 nitrogen and oxygen atoms in total. The fraction of sp³-hybridized carbons (Fsp3) is 0.120. The number of fused-ring (bicyclic) bond motifs is 4. The largest absolute Gasteiger partial charge is 0.462 e. The second kappa shape index (κ2) is 6.68. The lowest BCUT2D eigenvalue weighted by atomic mass is 9.80. The van der Waals surface area contributed by atoms with E-state index in [0.717, 1.165) is 39.3 Å². The lowest BCUT2D eigenvalue weighted by Crippen LogP contribution is -2.31. The van der Waals surface area contributed by atoms with Crippen molar-refractivity contribution >= 4 is 17.4 Å². The number of nitrogens with zero attached hydrogens (tertiary/aromatic N) is 2. The van der Waals surface area contributed by atoms with E-state index in [1.165, 1.54) is 10.4 Å². The molecule has 2 aromatic carbocycles. The van der Waals surface area contributed by atoms with E-state index in [1.807, 2.05) is 36.5 Å². The number of hydrogen-bond donors (Lipinski definition) is 1. The van der Waals surface area contributed by atoms with Crippen molar-refractivity contribution in [2.45, 2.75) is 12.5 Å². The van der Waals surface area contributed by atoms with Crippen molar-refractivity contribution < 1.29 is 9.47 Å². The first-order chi connectivity index (χ1) is 15.1. The molecule has 0 radical (unpaired) electrons. The molecule has 31 heavy (non-hydrogen) atoms. The third kappa shape index (κ3) is 2.83. The Morgan fingerprint density at radius 2 is 1.74 bits per heavy atom. The predicted octanol–water partition coefficient (Wildman–Crippen LogP) is 5.48. The molecule has 2 aliphatic heterocycles. The summed E-state index contributed by atoms with van der Waals surface area (Å²) in [6, 6.07) is 18.8. The van der Waals surface area contributed by atoms with Gasteiger partial charge in [-0.3, -0.25) is 4.98 Å². The van der Waals surface area contributed by atoms with Crippen molar-refractivity contribution in [3.63, 3.8) is 0 Å². The number of aromatic nitrogens is 1. The van der Waals surface area contributed by atoms with Gasteiger partial charge in [-0.2, -0.15) is 0 Å². The molecular formula is C25H19N3O2S. The molecule has 6 heteroatoms. The van der Waals surface area contributed by atoms with E-state index in [9.17, 15) is 0 Å². The van der Waals surface area contributed by atoms with Crippen LogP contribution in [0, 0.1) is 6.92 Å². The molecule has 152 valence electrons. The highest BCUT2D eigenvalue weighted by Crippen LogP contribution is 2.52. The zero-order valence-electron chi connectivity index (χ0n) is 16.8. The average molecular weight is 426 g/mol. The lowest BCUT2D eigenvalue weighted by Gasteiger charge is -2.34. The topological polar surface area (TPSA) is 69.7 Å². The van der Waals surface area contributed by atoms with Crippen LogP contribution in [0.4, 0.5) is 0 Å².